The van der Waals surface area contributed by atoms with Crippen molar-refractivity contribution in [3.05, 3.63) is 0 Å². The molecule has 146 valence electrons. The van der Waals surface area contributed by atoms with Gasteiger partial charge in [-0.1, -0.05) is 24.3 Å². The van der Waals surface area contributed by atoms with Crippen LogP contribution in [0.4, 0.5) is 0 Å². The summed E-state index contributed by atoms with van der Waals surface area (Å²) in [4.78, 5) is 0. The fourth-order valence-corrected chi connectivity index (χ4v) is 11.5. The Balaban J connectivity index is 2.99. The number of hydrogen-bond acceptors (Lipinski definition) is 3. The van der Waals surface area contributed by atoms with Crippen molar-refractivity contribution in [3.63, 3.8) is 0 Å². The second-order valence-corrected chi connectivity index (χ2v) is 26.1. The summed E-state index contributed by atoms with van der Waals surface area (Å²) in [6, 6.07) is 0. The van der Waals surface area contributed by atoms with Crippen molar-refractivity contribution < 1.29 is 12.7 Å². The molecule has 0 spiro atoms. The van der Waals surface area contributed by atoms with Gasteiger partial charge in [-0.05, 0) is 78.7 Å². The molecule has 0 amide bonds. The first-order valence-corrected chi connectivity index (χ1v) is 21.4. The Morgan fingerprint density at radius 2 is 1.36 bits per heavy atom. The first-order valence-electron chi connectivity index (χ1n) is 9.67. The van der Waals surface area contributed by atoms with Gasteiger partial charge in [-0.3, -0.25) is 0 Å². The molecule has 1 aliphatic rings. The van der Waals surface area contributed by atoms with E-state index in [9.17, 15) is 0 Å². The van der Waals surface area contributed by atoms with Crippen molar-refractivity contribution >= 4 is 34.2 Å². The summed E-state index contributed by atoms with van der Waals surface area (Å²) in [5, 5.41) is 0. The molecule has 25 heavy (non-hydrogen) atoms. The van der Waals surface area contributed by atoms with Crippen LogP contribution in [0.5, 0.6) is 0 Å². The fourth-order valence-electron chi connectivity index (χ4n) is 3.24. The Labute approximate surface area is 161 Å². The highest BCUT2D eigenvalue weighted by Crippen LogP contribution is 2.38. The highest BCUT2D eigenvalue weighted by Gasteiger charge is 2.40. The SMILES string of the molecule is CC1(O[Si](C)(C)C)CCCCC1C#C[SiH](O[Si](C)(C)C)O[Si](C)(C)C. The highest BCUT2D eigenvalue weighted by molar-refractivity contribution is 6.83. The van der Waals surface area contributed by atoms with Gasteiger partial charge < -0.3 is 12.7 Å². The lowest BCUT2D eigenvalue weighted by Crippen LogP contribution is -2.47. The predicted molar refractivity (Wildman–Crippen MR) is 119 cm³/mol. The van der Waals surface area contributed by atoms with Crippen molar-refractivity contribution in [3.8, 4) is 11.5 Å². The molecule has 1 rings (SSSR count). The molecule has 0 N–H and O–H groups in total. The quantitative estimate of drug-likeness (QED) is 0.437. The molecule has 0 bridgehead atoms. The molecule has 1 saturated carbocycles. The molecule has 3 nitrogen and oxygen atoms in total. The lowest BCUT2D eigenvalue weighted by molar-refractivity contribution is 0.00947. The molecule has 0 radical (unpaired) electrons. The fraction of sp³-hybridized carbons (Fsp3) is 0.889. The van der Waals surface area contributed by atoms with Crippen molar-refractivity contribution in [2.75, 3.05) is 0 Å². The molecule has 0 heterocycles. The van der Waals surface area contributed by atoms with Gasteiger partial charge in [-0.15, -0.1) is 0 Å². The summed E-state index contributed by atoms with van der Waals surface area (Å²) < 4.78 is 19.3. The summed E-state index contributed by atoms with van der Waals surface area (Å²) in [6.07, 6.45) is 4.75. The smallest absolute Gasteiger partial charge is 0.386 e. The first-order chi connectivity index (χ1) is 11.1. The monoisotopic (exact) mass is 416 g/mol. The van der Waals surface area contributed by atoms with E-state index in [2.05, 4.69) is 77.3 Å². The lowest BCUT2D eigenvalue weighted by Gasteiger charge is -2.43. The normalized spacial score (nSPS) is 25.6. The summed E-state index contributed by atoms with van der Waals surface area (Å²) in [6.45, 7) is 22.4. The molecule has 1 aliphatic carbocycles. The van der Waals surface area contributed by atoms with Crippen LogP contribution in [0.3, 0.4) is 0 Å². The van der Waals surface area contributed by atoms with Gasteiger partial charge in [0.25, 0.3) is 0 Å². The average molecular weight is 417 g/mol. The topological polar surface area (TPSA) is 27.7 Å². The van der Waals surface area contributed by atoms with E-state index in [0.717, 1.165) is 12.8 Å². The van der Waals surface area contributed by atoms with Gasteiger partial charge in [0.1, 0.15) is 0 Å². The van der Waals surface area contributed by atoms with Crippen LogP contribution < -0.4 is 0 Å². The maximum atomic E-state index is 6.60. The standard InChI is InChI=1S/C18H40O3Si4/c1-18(19-23(2,3)4)15-12-11-13-17(18)14-16-22(20-24(5,6)7)21-25(8,9)10/h17,22H,11-13,15H2,1-10H3. The Bertz CT molecular complexity index is 478. The zero-order chi connectivity index (χ0) is 19.5. The van der Waals surface area contributed by atoms with Crippen molar-refractivity contribution in [2.45, 2.75) is 97.1 Å². The minimum atomic E-state index is -1.95. The molecule has 0 aromatic carbocycles. The van der Waals surface area contributed by atoms with Crippen LogP contribution >= 0.6 is 0 Å². The van der Waals surface area contributed by atoms with Crippen LogP contribution in [-0.4, -0.2) is 39.8 Å². The van der Waals surface area contributed by atoms with Crippen LogP contribution in [-0.2, 0) is 12.7 Å². The molecule has 2 unspecified atom stereocenters. The third-order valence-electron chi connectivity index (χ3n) is 3.99. The van der Waals surface area contributed by atoms with E-state index in [-0.39, 0.29) is 5.60 Å². The first kappa shape index (κ1) is 23.3. The van der Waals surface area contributed by atoms with Crippen LogP contribution in [0.1, 0.15) is 32.6 Å². The van der Waals surface area contributed by atoms with Crippen LogP contribution in [0.25, 0.3) is 0 Å². The molecule has 0 saturated heterocycles. The second kappa shape index (κ2) is 8.55. The van der Waals surface area contributed by atoms with Gasteiger partial charge in [0.05, 0.1) is 5.60 Å². The Hall–Kier alpha value is 0.308. The maximum absolute atomic E-state index is 6.60. The van der Waals surface area contributed by atoms with Crippen LogP contribution in [0, 0.1) is 17.4 Å². The minimum absolute atomic E-state index is 0.104. The number of hydrogen-bond donors (Lipinski definition) is 0. The predicted octanol–water partition coefficient (Wildman–Crippen LogP) is 5.25. The zero-order valence-corrected chi connectivity index (χ0v) is 22.4. The molecule has 7 heteroatoms. The Morgan fingerprint density at radius 1 is 0.840 bits per heavy atom. The summed E-state index contributed by atoms with van der Waals surface area (Å²) >= 11 is 0. The van der Waals surface area contributed by atoms with E-state index < -0.39 is 34.2 Å². The van der Waals surface area contributed by atoms with E-state index in [0.29, 0.717) is 5.92 Å². The Morgan fingerprint density at radius 3 is 1.80 bits per heavy atom. The summed E-state index contributed by atoms with van der Waals surface area (Å²) in [5.74, 6) is 3.89. The minimum Gasteiger partial charge on any atom is -0.430 e. The summed E-state index contributed by atoms with van der Waals surface area (Å²) in [5.41, 5.74) is 3.39. The van der Waals surface area contributed by atoms with Crippen LogP contribution in [0.2, 0.25) is 58.9 Å². The third-order valence-corrected chi connectivity index (χ3v) is 12.8. The molecule has 0 aromatic rings. The maximum Gasteiger partial charge on any atom is 0.386 e. The molecule has 0 aromatic heterocycles. The lowest BCUT2D eigenvalue weighted by atomic mass is 9.77. The van der Waals surface area contributed by atoms with Crippen molar-refractivity contribution in [1.29, 1.82) is 0 Å². The summed E-state index contributed by atoms with van der Waals surface area (Å²) in [7, 11) is -6.84. The molecule has 1 fully saturated rings. The molecular weight excluding hydrogens is 377 g/mol. The Kier molecular flexibility index (Phi) is 7.98. The van der Waals surface area contributed by atoms with Gasteiger partial charge in [0.2, 0.25) is 0 Å². The van der Waals surface area contributed by atoms with E-state index in [1.807, 2.05) is 0 Å². The van der Waals surface area contributed by atoms with Gasteiger partial charge in [0.15, 0.2) is 25.0 Å². The second-order valence-electron chi connectivity index (χ2n) is 10.4. The van der Waals surface area contributed by atoms with E-state index >= 15 is 0 Å². The van der Waals surface area contributed by atoms with Crippen LogP contribution in [0.15, 0.2) is 0 Å². The largest absolute Gasteiger partial charge is 0.430 e. The van der Waals surface area contributed by atoms with E-state index in [1.165, 1.54) is 12.8 Å². The molecule has 2 atom stereocenters. The van der Waals surface area contributed by atoms with E-state index in [1.54, 1.807) is 0 Å². The molecule has 0 aliphatic heterocycles. The van der Waals surface area contributed by atoms with Gasteiger partial charge >= 0.3 is 9.28 Å². The van der Waals surface area contributed by atoms with Gasteiger partial charge in [-0.2, -0.15) is 0 Å². The third kappa shape index (κ3) is 9.70. The zero-order valence-electron chi connectivity index (χ0n) is 18.2. The van der Waals surface area contributed by atoms with Crippen molar-refractivity contribution in [2.24, 2.45) is 5.92 Å². The van der Waals surface area contributed by atoms with Crippen molar-refractivity contribution in [1.82, 2.24) is 0 Å². The number of rotatable bonds is 6. The molecular formula is C18H40O3Si4. The average Bonchev–Trinajstić information content (AvgIpc) is 2.30. The van der Waals surface area contributed by atoms with Gasteiger partial charge in [-0.25, -0.2) is 0 Å². The highest BCUT2D eigenvalue weighted by atomic mass is 28.4. The van der Waals surface area contributed by atoms with E-state index in [4.69, 9.17) is 12.7 Å². The van der Waals surface area contributed by atoms with Gasteiger partial charge in [0, 0.05) is 5.92 Å².